The number of carbonyl (C=O) groups is 2. The molecule has 0 saturated heterocycles. The summed E-state index contributed by atoms with van der Waals surface area (Å²) in [4.78, 5) is 23.1. The number of benzene rings is 1. The van der Waals surface area contributed by atoms with E-state index < -0.39 is 6.04 Å². The van der Waals surface area contributed by atoms with Gasteiger partial charge in [-0.2, -0.15) is 0 Å². The van der Waals surface area contributed by atoms with E-state index in [-0.39, 0.29) is 18.4 Å². The first-order valence-electron chi connectivity index (χ1n) is 5.88. The Morgan fingerprint density at radius 2 is 2.05 bits per heavy atom. The molecule has 19 heavy (non-hydrogen) atoms. The minimum atomic E-state index is -0.624. The Morgan fingerprint density at radius 1 is 1.37 bits per heavy atom. The molecule has 0 heterocycles. The number of hydrogen-bond acceptors (Lipinski definition) is 2. The van der Waals surface area contributed by atoms with Crippen LogP contribution < -0.4 is 10.6 Å². The fourth-order valence-electron chi connectivity index (χ4n) is 1.35. The maximum absolute atomic E-state index is 11.6. The van der Waals surface area contributed by atoms with Crippen molar-refractivity contribution < 1.29 is 9.59 Å². The second-order valence-corrected chi connectivity index (χ2v) is 3.90. The summed E-state index contributed by atoms with van der Waals surface area (Å²) in [7, 11) is 0. The Labute approximate surface area is 112 Å². The van der Waals surface area contributed by atoms with Gasteiger partial charge in [0.15, 0.2) is 0 Å². The molecule has 1 aromatic rings. The van der Waals surface area contributed by atoms with Crippen molar-refractivity contribution in [3.8, 4) is 12.3 Å². The first-order chi connectivity index (χ1) is 9.13. The monoisotopic (exact) mass is 256 g/mol. The summed E-state index contributed by atoms with van der Waals surface area (Å²) >= 11 is 0. The van der Waals surface area contributed by atoms with Gasteiger partial charge in [0, 0.05) is 6.08 Å². The molecule has 1 atom stereocenters. The van der Waals surface area contributed by atoms with E-state index in [1.54, 1.807) is 13.0 Å². The van der Waals surface area contributed by atoms with E-state index in [4.69, 9.17) is 6.42 Å². The van der Waals surface area contributed by atoms with Gasteiger partial charge in [0.25, 0.3) is 0 Å². The molecule has 0 aromatic heterocycles. The molecule has 0 aliphatic carbocycles. The normalized spacial score (nSPS) is 11.6. The van der Waals surface area contributed by atoms with Crippen LogP contribution in [-0.4, -0.2) is 24.4 Å². The minimum Gasteiger partial charge on any atom is -0.343 e. The number of carbonyl (C=O) groups excluding carboxylic acids is 2. The van der Waals surface area contributed by atoms with Crippen LogP contribution in [0.5, 0.6) is 0 Å². The van der Waals surface area contributed by atoms with Crippen molar-refractivity contribution in [2.45, 2.75) is 13.0 Å². The molecule has 0 aliphatic heterocycles. The third kappa shape index (κ3) is 5.55. The lowest BCUT2D eigenvalue weighted by molar-refractivity contribution is -0.126. The molecule has 2 amide bonds. The standard InChI is InChI=1S/C15H16N2O2/c1-3-11-16-15(19)12(2)17-14(18)10-9-13-7-5-4-6-8-13/h1,4-10,12H,11H2,2H3,(H,16,19)(H,17,18)/b10-9+. The Bertz CT molecular complexity index is 501. The van der Waals surface area contributed by atoms with E-state index in [9.17, 15) is 9.59 Å². The lowest BCUT2D eigenvalue weighted by Crippen LogP contribution is -2.44. The van der Waals surface area contributed by atoms with Crippen molar-refractivity contribution >= 4 is 17.9 Å². The Balaban J connectivity index is 2.45. The molecule has 1 rings (SSSR count). The van der Waals surface area contributed by atoms with Gasteiger partial charge in [-0.15, -0.1) is 6.42 Å². The number of hydrogen-bond donors (Lipinski definition) is 2. The smallest absolute Gasteiger partial charge is 0.244 e. The fraction of sp³-hybridized carbons (Fsp3) is 0.200. The molecule has 0 saturated carbocycles. The van der Waals surface area contributed by atoms with Crippen LogP contribution in [0.1, 0.15) is 12.5 Å². The van der Waals surface area contributed by atoms with Gasteiger partial charge in [0.2, 0.25) is 11.8 Å². The predicted molar refractivity (Wildman–Crippen MR) is 74.9 cm³/mol. The van der Waals surface area contributed by atoms with Crippen molar-refractivity contribution in [2.75, 3.05) is 6.54 Å². The van der Waals surface area contributed by atoms with E-state index in [1.165, 1.54) is 6.08 Å². The number of nitrogens with one attached hydrogen (secondary N) is 2. The van der Waals surface area contributed by atoms with Crippen molar-refractivity contribution in [3.05, 3.63) is 42.0 Å². The van der Waals surface area contributed by atoms with E-state index in [2.05, 4.69) is 16.6 Å². The fourth-order valence-corrected chi connectivity index (χ4v) is 1.35. The van der Waals surface area contributed by atoms with Gasteiger partial charge in [-0.05, 0) is 18.6 Å². The van der Waals surface area contributed by atoms with Crippen LogP contribution in [0.2, 0.25) is 0 Å². The summed E-state index contributed by atoms with van der Waals surface area (Å²) in [6.45, 7) is 1.75. The molecule has 4 nitrogen and oxygen atoms in total. The van der Waals surface area contributed by atoms with Crippen LogP contribution >= 0.6 is 0 Å². The molecule has 2 N–H and O–H groups in total. The Kier molecular flexibility index (Phi) is 5.90. The van der Waals surface area contributed by atoms with E-state index in [1.807, 2.05) is 30.3 Å². The summed E-state index contributed by atoms with van der Waals surface area (Å²) in [6.07, 6.45) is 8.10. The molecule has 0 aliphatic rings. The van der Waals surface area contributed by atoms with Gasteiger partial charge in [-0.25, -0.2) is 0 Å². The first kappa shape index (κ1) is 14.5. The second kappa shape index (κ2) is 7.72. The predicted octanol–water partition coefficient (Wildman–Crippen LogP) is 0.954. The second-order valence-electron chi connectivity index (χ2n) is 3.90. The topological polar surface area (TPSA) is 58.2 Å². The molecule has 0 bridgehead atoms. The molecular weight excluding hydrogens is 240 g/mol. The highest BCUT2D eigenvalue weighted by molar-refractivity contribution is 5.95. The average Bonchev–Trinajstić information content (AvgIpc) is 2.43. The third-order valence-electron chi connectivity index (χ3n) is 2.34. The maximum atomic E-state index is 11.6. The van der Waals surface area contributed by atoms with Gasteiger partial charge >= 0.3 is 0 Å². The highest BCUT2D eigenvalue weighted by atomic mass is 16.2. The molecule has 4 heteroatoms. The highest BCUT2D eigenvalue weighted by Crippen LogP contribution is 2.00. The van der Waals surface area contributed by atoms with Crippen molar-refractivity contribution in [1.29, 1.82) is 0 Å². The van der Waals surface area contributed by atoms with Crippen LogP contribution in [0.15, 0.2) is 36.4 Å². The van der Waals surface area contributed by atoms with E-state index in [0.717, 1.165) is 5.56 Å². The highest BCUT2D eigenvalue weighted by Gasteiger charge is 2.12. The molecule has 1 aromatic carbocycles. The average molecular weight is 256 g/mol. The molecule has 0 spiro atoms. The molecular formula is C15H16N2O2. The zero-order valence-corrected chi connectivity index (χ0v) is 10.7. The van der Waals surface area contributed by atoms with Crippen LogP contribution in [0.3, 0.4) is 0 Å². The maximum Gasteiger partial charge on any atom is 0.244 e. The molecule has 1 unspecified atom stereocenters. The van der Waals surface area contributed by atoms with Gasteiger partial charge in [0.1, 0.15) is 6.04 Å². The number of terminal acetylenes is 1. The van der Waals surface area contributed by atoms with Gasteiger partial charge in [-0.3, -0.25) is 9.59 Å². The number of rotatable bonds is 5. The van der Waals surface area contributed by atoms with Crippen LogP contribution in [0.25, 0.3) is 6.08 Å². The van der Waals surface area contributed by atoms with Gasteiger partial charge in [-0.1, -0.05) is 36.3 Å². The zero-order valence-electron chi connectivity index (χ0n) is 10.7. The van der Waals surface area contributed by atoms with Crippen LogP contribution in [-0.2, 0) is 9.59 Å². The molecule has 0 fully saturated rings. The molecule has 0 radical (unpaired) electrons. The third-order valence-corrected chi connectivity index (χ3v) is 2.34. The lowest BCUT2D eigenvalue weighted by atomic mass is 10.2. The number of amides is 2. The van der Waals surface area contributed by atoms with Gasteiger partial charge in [0.05, 0.1) is 6.54 Å². The quantitative estimate of drug-likeness (QED) is 0.609. The van der Waals surface area contributed by atoms with Crippen molar-refractivity contribution in [3.63, 3.8) is 0 Å². The van der Waals surface area contributed by atoms with E-state index in [0.29, 0.717) is 0 Å². The molecule has 98 valence electrons. The Morgan fingerprint density at radius 3 is 2.68 bits per heavy atom. The van der Waals surface area contributed by atoms with E-state index >= 15 is 0 Å². The summed E-state index contributed by atoms with van der Waals surface area (Å²) < 4.78 is 0. The van der Waals surface area contributed by atoms with Gasteiger partial charge < -0.3 is 10.6 Å². The van der Waals surface area contributed by atoms with Crippen LogP contribution in [0, 0.1) is 12.3 Å². The first-order valence-corrected chi connectivity index (χ1v) is 5.88. The van der Waals surface area contributed by atoms with Crippen molar-refractivity contribution in [1.82, 2.24) is 10.6 Å². The van der Waals surface area contributed by atoms with Crippen molar-refractivity contribution in [2.24, 2.45) is 0 Å². The summed E-state index contributed by atoms with van der Waals surface area (Å²) in [5.41, 5.74) is 0.919. The summed E-state index contributed by atoms with van der Waals surface area (Å²) in [6, 6.07) is 8.80. The SMILES string of the molecule is C#CCNC(=O)C(C)NC(=O)/C=C/c1ccccc1. The summed E-state index contributed by atoms with van der Waals surface area (Å²) in [5, 5.41) is 5.05. The Hall–Kier alpha value is -2.54. The minimum absolute atomic E-state index is 0.152. The largest absolute Gasteiger partial charge is 0.343 e. The zero-order chi connectivity index (χ0) is 14.1. The lowest BCUT2D eigenvalue weighted by Gasteiger charge is -2.11. The summed E-state index contributed by atoms with van der Waals surface area (Å²) in [5.74, 6) is 1.66. The van der Waals surface area contributed by atoms with Crippen LogP contribution in [0.4, 0.5) is 0 Å².